The quantitative estimate of drug-likeness (QED) is 0.841. The molecule has 1 saturated heterocycles. The maximum Gasteiger partial charge on any atom is 0.416 e. The van der Waals surface area contributed by atoms with Crippen LogP contribution in [0.3, 0.4) is 0 Å². The van der Waals surface area contributed by atoms with E-state index < -0.39 is 17.6 Å². The van der Waals surface area contributed by atoms with Gasteiger partial charge in [-0.1, -0.05) is 0 Å². The van der Waals surface area contributed by atoms with E-state index in [1.165, 1.54) is 13.2 Å². The zero-order chi connectivity index (χ0) is 14.8. The summed E-state index contributed by atoms with van der Waals surface area (Å²) in [4.78, 5) is 13.9. The fourth-order valence-electron chi connectivity index (χ4n) is 1.99. The van der Waals surface area contributed by atoms with Crippen LogP contribution >= 0.6 is 11.8 Å². The van der Waals surface area contributed by atoms with Crippen LogP contribution in [0.15, 0.2) is 18.2 Å². The van der Waals surface area contributed by atoms with Crippen molar-refractivity contribution in [1.29, 1.82) is 0 Å². The minimum atomic E-state index is -4.47. The molecule has 1 aliphatic rings. The third-order valence-corrected chi connectivity index (χ3v) is 4.00. The van der Waals surface area contributed by atoms with Gasteiger partial charge in [-0.3, -0.25) is 4.79 Å². The van der Waals surface area contributed by atoms with Crippen LogP contribution < -0.4 is 4.74 Å². The molecule has 1 aromatic rings. The van der Waals surface area contributed by atoms with Crippen molar-refractivity contribution in [2.75, 3.05) is 31.7 Å². The molecule has 0 saturated carbocycles. The molecule has 0 aliphatic carbocycles. The molecule has 110 valence electrons. The van der Waals surface area contributed by atoms with Crippen molar-refractivity contribution in [2.45, 2.75) is 6.18 Å². The Labute approximate surface area is 119 Å². The van der Waals surface area contributed by atoms with Gasteiger partial charge in [0, 0.05) is 24.6 Å². The average molecular weight is 305 g/mol. The fraction of sp³-hybridized carbons (Fsp3) is 0.462. The number of carbonyl (C=O) groups excluding carboxylic acids is 1. The number of halogens is 3. The highest BCUT2D eigenvalue weighted by molar-refractivity contribution is 7.99. The Hall–Kier alpha value is -1.37. The zero-order valence-corrected chi connectivity index (χ0v) is 11.7. The molecule has 0 bridgehead atoms. The van der Waals surface area contributed by atoms with Gasteiger partial charge in [-0.05, 0) is 18.2 Å². The Morgan fingerprint density at radius 3 is 2.50 bits per heavy atom. The van der Waals surface area contributed by atoms with Crippen molar-refractivity contribution in [3.8, 4) is 5.75 Å². The number of benzene rings is 1. The van der Waals surface area contributed by atoms with Gasteiger partial charge in [0.25, 0.3) is 5.91 Å². The molecule has 1 aliphatic heterocycles. The molecule has 0 aromatic heterocycles. The van der Waals surface area contributed by atoms with E-state index in [0.29, 0.717) is 13.1 Å². The highest BCUT2D eigenvalue weighted by Crippen LogP contribution is 2.33. The summed E-state index contributed by atoms with van der Waals surface area (Å²) in [7, 11) is 1.34. The highest BCUT2D eigenvalue weighted by Gasteiger charge is 2.32. The predicted octanol–water partition coefficient (Wildman–Crippen LogP) is 2.90. The number of rotatable bonds is 2. The van der Waals surface area contributed by atoms with Gasteiger partial charge < -0.3 is 9.64 Å². The number of alkyl halides is 3. The smallest absolute Gasteiger partial charge is 0.416 e. The standard InChI is InChI=1S/C13H14F3NO2S/c1-19-11-3-2-9(13(14,15)16)8-10(11)12(18)17-4-6-20-7-5-17/h2-3,8H,4-7H2,1H3. The molecule has 0 spiro atoms. The van der Waals surface area contributed by atoms with Gasteiger partial charge in [-0.2, -0.15) is 24.9 Å². The van der Waals surface area contributed by atoms with Gasteiger partial charge in [0.15, 0.2) is 0 Å². The summed E-state index contributed by atoms with van der Waals surface area (Å²) in [5.74, 6) is 1.36. The monoisotopic (exact) mass is 305 g/mol. The molecule has 20 heavy (non-hydrogen) atoms. The van der Waals surface area contributed by atoms with Crippen molar-refractivity contribution in [3.63, 3.8) is 0 Å². The minimum absolute atomic E-state index is 0.0331. The van der Waals surface area contributed by atoms with Crippen LogP contribution in [-0.2, 0) is 6.18 Å². The van der Waals surface area contributed by atoms with Gasteiger partial charge in [-0.15, -0.1) is 0 Å². The highest BCUT2D eigenvalue weighted by atomic mass is 32.2. The van der Waals surface area contributed by atoms with Crippen molar-refractivity contribution < 1.29 is 22.7 Å². The van der Waals surface area contributed by atoms with Gasteiger partial charge in [0.1, 0.15) is 5.75 Å². The molecule has 7 heteroatoms. The molecular weight excluding hydrogens is 291 g/mol. The van der Waals surface area contributed by atoms with Gasteiger partial charge in [0.05, 0.1) is 18.2 Å². The first-order valence-electron chi connectivity index (χ1n) is 6.05. The number of nitrogens with zero attached hydrogens (tertiary/aromatic N) is 1. The second-order valence-corrected chi connectivity index (χ2v) is 5.54. The molecule has 0 atom stereocenters. The van der Waals surface area contributed by atoms with E-state index in [2.05, 4.69) is 0 Å². The van der Waals surface area contributed by atoms with Gasteiger partial charge in [-0.25, -0.2) is 0 Å². The summed E-state index contributed by atoms with van der Waals surface area (Å²) < 4.78 is 43.2. The molecule has 1 fully saturated rings. The second-order valence-electron chi connectivity index (χ2n) is 4.32. The lowest BCUT2D eigenvalue weighted by Crippen LogP contribution is -2.38. The summed E-state index contributed by atoms with van der Waals surface area (Å²) in [5.41, 5.74) is -0.873. The van der Waals surface area contributed by atoms with Gasteiger partial charge in [0.2, 0.25) is 0 Å². The SMILES string of the molecule is COc1ccc(C(F)(F)F)cc1C(=O)N1CCSCC1. The topological polar surface area (TPSA) is 29.5 Å². The van der Waals surface area contributed by atoms with Crippen molar-refractivity contribution in [1.82, 2.24) is 4.90 Å². The summed E-state index contributed by atoms with van der Waals surface area (Å²) in [5, 5.41) is 0. The zero-order valence-electron chi connectivity index (χ0n) is 10.9. The van der Waals surface area contributed by atoms with E-state index in [1.54, 1.807) is 16.7 Å². The average Bonchev–Trinajstić information content (AvgIpc) is 2.45. The third kappa shape index (κ3) is 3.20. The van der Waals surface area contributed by atoms with Crippen LogP contribution in [0.5, 0.6) is 5.75 Å². The molecule has 1 heterocycles. The lowest BCUT2D eigenvalue weighted by Gasteiger charge is -2.27. The Bertz CT molecular complexity index is 499. The molecule has 0 radical (unpaired) electrons. The van der Waals surface area contributed by atoms with Crippen molar-refractivity contribution in [2.24, 2.45) is 0 Å². The number of methoxy groups -OCH3 is 1. The molecule has 2 rings (SSSR count). The molecule has 1 aromatic carbocycles. The van der Waals surface area contributed by atoms with E-state index in [9.17, 15) is 18.0 Å². The van der Waals surface area contributed by atoms with Crippen LogP contribution in [0.2, 0.25) is 0 Å². The van der Waals surface area contributed by atoms with Crippen LogP contribution in [-0.4, -0.2) is 42.5 Å². The van der Waals surface area contributed by atoms with E-state index in [1.807, 2.05) is 0 Å². The van der Waals surface area contributed by atoms with Crippen molar-refractivity contribution >= 4 is 17.7 Å². The van der Waals surface area contributed by atoms with Crippen molar-refractivity contribution in [3.05, 3.63) is 29.3 Å². The van der Waals surface area contributed by atoms with Crippen LogP contribution in [0, 0.1) is 0 Å². The van der Waals surface area contributed by atoms with Gasteiger partial charge >= 0.3 is 6.18 Å². The third-order valence-electron chi connectivity index (χ3n) is 3.06. The maximum atomic E-state index is 12.7. The Balaban J connectivity index is 2.34. The Morgan fingerprint density at radius 2 is 1.95 bits per heavy atom. The number of hydrogen-bond donors (Lipinski definition) is 0. The maximum absolute atomic E-state index is 12.7. The summed E-state index contributed by atoms with van der Waals surface area (Å²) in [6.45, 7) is 1.09. The minimum Gasteiger partial charge on any atom is -0.496 e. The summed E-state index contributed by atoms with van der Waals surface area (Å²) >= 11 is 1.72. The molecule has 3 nitrogen and oxygen atoms in total. The predicted molar refractivity (Wildman–Crippen MR) is 71.2 cm³/mol. The number of thioether (sulfide) groups is 1. The molecule has 1 amide bonds. The first kappa shape index (κ1) is 15.0. The number of carbonyl (C=O) groups is 1. The second kappa shape index (κ2) is 5.95. The van der Waals surface area contributed by atoms with Crippen LogP contribution in [0.1, 0.15) is 15.9 Å². The summed E-state index contributed by atoms with van der Waals surface area (Å²) in [6.07, 6.45) is -4.47. The largest absolute Gasteiger partial charge is 0.496 e. The first-order valence-corrected chi connectivity index (χ1v) is 7.21. The van der Waals surface area contributed by atoms with E-state index >= 15 is 0 Å². The normalized spacial score (nSPS) is 16.1. The number of hydrogen-bond acceptors (Lipinski definition) is 3. The van der Waals surface area contributed by atoms with E-state index in [0.717, 1.165) is 23.6 Å². The summed E-state index contributed by atoms with van der Waals surface area (Å²) in [6, 6.07) is 2.97. The van der Waals surface area contributed by atoms with E-state index in [-0.39, 0.29) is 11.3 Å². The molecule has 0 N–H and O–H groups in total. The lowest BCUT2D eigenvalue weighted by molar-refractivity contribution is -0.137. The molecule has 0 unspecified atom stereocenters. The lowest BCUT2D eigenvalue weighted by atomic mass is 10.1. The Morgan fingerprint density at radius 1 is 1.30 bits per heavy atom. The number of amides is 1. The Kier molecular flexibility index (Phi) is 4.47. The number of ether oxygens (including phenoxy) is 1. The molecular formula is C13H14F3NO2S. The fourth-order valence-corrected chi connectivity index (χ4v) is 2.89. The van der Waals surface area contributed by atoms with E-state index in [4.69, 9.17) is 4.74 Å². The van der Waals surface area contributed by atoms with Crippen LogP contribution in [0.25, 0.3) is 0 Å². The van der Waals surface area contributed by atoms with Crippen LogP contribution in [0.4, 0.5) is 13.2 Å². The first-order chi connectivity index (χ1) is 9.43.